The minimum Gasteiger partial charge on any atom is -0.493 e. The van der Waals surface area contributed by atoms with Crippen LogP contribution in [0.1, 0.15) is 25.0 Å². The standard InChI is InChI=1S/C14H14O2/c1-5-11-9-14(16-8-4)12(6-2)10-13(11)15-7-3/h1-2,9-10H,7-8H2,3-4H3. The van der Waals surface area contributed by atoms with Gasteiger partial charge in [0, 0.05) is 12.1 Å². The zero-order valence-electron chi connectivity index (χ0n) is 9.54. The van der Waals surface area contributed by atoms with Gasteiger partial charge in [0.15, 0.2) is 0 Å². The van der Waals surface area contributed by atoms with Crippen LogP contribution < -0.4 is 9.47 Å². The van der Waals surface area contributed by atoms with E-state index in [0.717, 1.165) is 0 Å². The second kappa shape index (κ2) is 5.73. The third-order valence-electron chi connectivity index (χ3n) is 1.99. The molecule has 0 aliphatic rings. The van der Waals surface area contributed by atoms with Crippen LogP contribution in [-0.4, -0.2) is 13.2 Å². The summed E-state index contributed by atoms with van der Waals surface area (Å²) in [4.78, 5) is 0. The summed E-state index contributed by atoms with van der Waals surface area (Å²) in [6.45, 7) is 4.89. The van der Waals surface area contributed by atoms with Gasteiger partial charge in [0.1, 0.15) is 11.5 Å². The van der Waals surface area contributed by atoms with E-state index in [1.165, 1.54) is 0 Å². The molecule has 0 N–H and O–H groups in total. The molecule has 0 unspecified atom stereocenters. The van der Waals surface area contributed by atoms with Gasteiger partial charge in [0.25, 0.3) is 0 Å². The molecule has 0 heterocycles. The molecule has 0 aromatic heterocycles. The Morgan fingerprint density at radius 1 is 0.938 bits per heavy atom. The first-order chi connectivity index (χ1) is 7.76. The second-order valence-corrected chi connectivity index (χ2v) is 3.00. The van der Waals surface area contributed by atoms with Crippen molar-refractivity contribution >= 4 is 0 Å². The first-order valence-electron chi connectivity index (χ1n) is 5.13. The van der Waals surface area contributed by atoms with Gasteiger partial charge in [0.2, 0.25) is 0 Å². The lowest BCUT2D eigenvalue weighted by molar-refractivity contribution is 0.329. The molecule has 0 aliphatic carbocycles. The number of hydrogen-bond acceptors (Lipinski definition) is 2. The van der Waals surface area contributed by atoms with Crippen molar-refractivity contribution in [3.05, 3.63) is 23.3 Å². The highest BCUT2D eigenvalue weighted by Gasteiger charge is 2.08. The second-order valence-electron chi connectivity index (χ2n) is 3.00. The molecule has 16 heavy (non-hydrogen) atoms. The van der Waals surface area contributed by atoms with Crippen LogP contribution in [-0.2, 0) is 0 Å². The van der Waals surface area contributed by atoms with Gasteiger partial charge in [-0.05, 0) is 13.8 Å². The summed E-state index contributed by atoms with van der Waals surface area (Å²) in [5, 5.41) is 0. The highest BCUT2D eigenvalue weighted by Crippen LogP contribution is 2.28. The van der Waals surface area contributed by atoms with Crippen molar-refractivity contribution in [2.75, 3.05) is 13.2 Å². The van der Waals surface area contributed by atoms with Gasteiger partial charge in [-0.25, -0.2) is 0 Å². The van der Waals surface area contributed by atoms with Gasteiger partial charge >= 0.3 is 0 Å². The van der Waals surface area contributed by atoms with E-state index in [0.29, 0.717) is 35.8 Å². The molecule has 0 amide bonds. The molecule has 82 valence electrons. The molecule has 0 bridgehead atoms. The number of rotatable bonds is 4. The van der Waals surface area contributed by atoms with Crippen molar-refractivity contribution in [1.82, 2.24) is 0 Å². The predicted molar refractivity (Wildman–Crippen MR) is 64.7 cm³/mol. The number of ether oxygens (including phenoxy) is 2. The lowest BCUT2D eigenvalue weighted by Gasteiger charge is -2.11. The van der Waals surface area contributed by atoms with Gasteiger partial charge in [-0.15, -0.1) is 12.8 Å². The molecule has 0 spiro atoms. The van der Waals surface area contributed by atoms with Crippen LogP contribution >= 0.6 is 0 Å². The van der Waals surface area contributed by atoms with Crippen LogP contribution in [0.15, 0.2) is 12.1 Å². The summed E-state index contributed by atoms with van der Waals surface area (Å²) in [6.07, 6.45) is 10.8. The van der Waals surface area contributed by atoms with E-state index in [1.807, 2.05) is 13.8 Å². The van der Waals surface area contributed by atoms with Crippen molar-refractivity contribution in [3.63, 3.8) is 0 Å². The predicted octanol–water partition coefficient (Wildman–Crippen LogP) is 2.45. The summed E-state index contributed by atoms with van der Waals surface area (Å²) in [5.41, 5.74) is 1.31. The summed E-state index contributed by atoms with van der Waals surface area (Å²) in [7, 11) is 0. The Balaban J connectivity index is 3.25. The van der Waals surface area contributed by atoms with E-state index >= 15 is 0 Å². The fourth-order valence-corrected chi connectivity index (χ4v) is 1.34. The molecule has 0 radical (unpaired) electrons. The van der Waals surface area contributed by atoms with Crippen molar-refractivity contribution in [2.24, 2.45) is 0 Å². The van der Waals surface area contributed by atoms with Crippen LogP contribution in [0, 0.1) is 24.7 Å². The lowest BCUT2D eigenvalue weighted by Crippen LogP contribution is -1.99. The molecule has 1 aromatic rings. The Labute approximate surface area is 96.6 Å². The van der Waals surface area contributed by atoms with E-state index < -0.39 is 0 Å². The molecular formula is C14H14O2. The molecule has 1 aromatic carbocycles. The summed E-state index contributed by atoms with van der Waals surface area (Å²) < 4.78 is 10.8. The van der Waals surface area contributed by atoms with Crippen LogP contribution in [0.4, 0.5) is 0 Å². The molecule has 0 saturated heterocycles. The van der Waals surface area contributed by atoms with Crippen LogP contribution in [0.25, 0.3) is 0 Å². The van der Waals surface area contributed by atoms with Gasteiger partial charge < -0.3 is 9.47 Å². The van der Waals surface area contributed by atoms with E-state index in [9.17, 15) is 0 Å². The maximum Gasteiger partial charge on any atom is 0.136 e. The Hall–Kier alpha value is -2.06. The van der Waals surface area contributed by atoms with Crippen molar-refractivity contribution in [2.45, 2.75) is 13.8 Å². The van der Waals surface area contributed by atoms with Crippen LogP contribution in [0.3, 0.4) is 0 Å². The van der Waals surface area contributed by atoms with Gasteiger partial charge in [0.05, 0.1) is 24.3 Å². The molecule has 0 fully saturated rings. The zero-order valence-corrected chi connectivity index (χ0v) is 9.54. The minimum absolute atomic E-state index is 0.548. The fourth-order valence-electron chi connectivity index (χ4n) is 1.34. The quantitative estimate of drug-likeness (QED) is 0.717. The fraction of sp³-hybridized carbons (Fsp3) is 0.286. The highest BCUT2D eigenvalue weighted by molar-refractivity contribution is 5.57. The maximum absolute atomic E-state index is 5.41. The average Bonchev–Trinajstić information content (AvgIpc) is 2.31. The summed E-state index contributed by atoms with van der Waals surface area (Å²) >= 11 is 0. The summed E-state index contributed by atoms with van der Waals surface area (Å²) in [6, 6.07) is 3.48. The van der Waals surface area contributed by atoms with Crippen LogP contribution in [0.2, 0.25) is 0 Å². The largest absolute Gasteiger partial charge is 0.493 e. The van der Waals surface area contributed by atoms with Crippen molar-refractivity contribution < 1.29 is 9.47 Å². The maximum atomic E-state index is 5.41. The van der Waals surface area contributed by atoms with E-state index in [-0.39, 0.29) is 0 Å². The Kier molecular flexibility index (Phi) is 4.30. The smallest absolute Gasteiger partial charge is 0.136 e. The number of benzene rings is 1. The third kappa shape index (κ3) is 2.49. The van der Waals surface area contributed by atoms with Crippen molar-refractivity contribution in [1.29, 1.82) is 0 Å². The molecule has 0 saturated carbocycles. The third-order valence-corrected chi connectivity index (χ3v) is 1.99. The minimum atomic E-state index is 0.548. The Morgan fingerprint density at radius 2 is 1.31 bits per heavy atom. The van der Waals surface area contributed by atoms with E-state index in [1.54, 1.807) is 12.1 Å². The van der Waals surface area contributed by atoms with E-state index in [2.05, 4.69) is 11.8 Å². The Morgan fingerprint density at radius 3 is 1.56 bits per heavy atom. The lowest BCUT2D eigenvalue weighted by atomic mass is 10.1. The van der Waals surface area contributed by atoms with Gasteiger partial charge in [-0.3, -0.25) is 0 Å². The molecule has 0 aliphatic heterocycles. The molecule has 0 atom stereocenters. The summed E-state index contributed by atoms with van der Waals surface area (Å²) in [5.74, 6) is 6.37. The van der Waals surface area contributed by atoms with Gasteiger partial charge in [-0.1, -0.05) is 11.8 Å². The van der Waals surface area contributed by atoms with Gasteiger partial charge in [-0.2, -0.15) is 0 Å². The van der Waals surface area contributed by atoms with E-state index in [4.69, 9.17) is 22.3 Å². The normalized spacial score (nSPS) is 9.00. The number of terminal acetylenes is 2. The number of hydrogen-bond donors (Lipinski definition) is 0. The average molecular weight is 214 g/mol. The molecule has 2 nitrogen and oxygen atoms in total. The topological polar surface area (TPSA) is 18.5 Å². The van der Waals surface area contributed by atoms with Crippen molar-refractivity contribution in [3.8, 4) is 36.2 Å². The first-order valence-corrected chi connectivity index (χ1v) is 5.13. The first kappa shape index (κ1) is 12.0. The Bertz CT molecular complexity index is 403. The molecule has 2 heteroatoms. The highest BCUT2D eigenvalue weighted by atomic mass is 16.5. The monoisotopic (exact) mass is 214 g/mol. The molecular weight excluding hydrogens is 200 g/mol. The SMILES string of the molecule is C#Cc1cc(OCC)c(C#C)cc1OCC. The molecule has 1 rings (SSSR count). The zero-order chi connectivity index (χ0) is 12.0. The van der Waals surface area contributed by atoms with Crippen LogP contribution in [0.5, 0.6) is 11.5 Å².